The lowest BCUT2D eigenvalue weighted by Crippen LogP contribution is -2.42. The molecular weight excluding hydrogens is 342 g/mol. The average molecular weight is 364 g/mol. The van der Waals surface area contributed by atoms with Gasteiger partial charge in [0.2, 0.25) is 5.28 Å². The summed E-state index contributed by atoms with van der Waals surface area (Å²) in [5, 5.41) is 9.73. The first-order chi connectivity index (χ1) is 12.1. The second kappa shape index (κ2) is 7.82. The van der Waals surface area contributed by atoms with Crippen molar-refractivity contribution in [2.45, 2.75) is 38.6 Å². The molecule has 134 valence electrons. The Hall–Kier alpha value is -2.15. The largest absolute Gasteiger partial charge is 0.465 e. The Morgan fingerprint density at radius 1 is 1.44 bits per heavy atom. The van der Waals surface area contributed by atoms with Gasteiger partial charge in [-0.15, -0.1) is 0 Å². The molecule has 25 heavy (non-hydrogen) atoms. The molecule has 2 aromatic rings. The molecule has 0 bridgehead atoms. The third-order valence-electron chi connectivity index (χ3n) is 4.56. The van der Waals surface area contributed by atoms with Crippen LogP contribution in [-0.4, -0.2) is 56.7 Å². The van der Waals surface area contributed by atoms with E-state index in [2.05, 4.69) is 26.8 Å². The van der Waals surface area contributed by atoms with E-state index in [-0.39, 0.29) is 11.3 Å². The first-order valence-corrected chi connectivity index (χ1v) is 9.00. The number of anilines is 1. The lowest BCUT2D eigenvalue weighted by molar-refractivity contribution is 0.127. The summed E-state index contributed by atoms with van der Waals surface area (Å²) in [6, 6.07) is 3.62. The van der Waals surface area contributed by atoms with Crippen LogP contribution in [0, 0.1) is 0 Å². The molecule has 1 saturated heterocycles. The first kappa shape index (κ1) is 17.7. The van der Waals surface area contributed by atoms with Gasteiger partial charge in [-0.25, -0.2) is 9.78 Å². The van der Waals surface area contributed by atoms with E-state index in [4.69, 9.17) is 11.6 Å². The van der Waals surface area contributed by atoms with Gasteiger partial charge in [0.05, 0.1) is 11.6 Å². The minimum absolute atomic E-state index is 0.0399. The highest BCUT2D eigenvalue weighted by Crippen LogP contribution is 2.28. The highest BCUT2D eigenvalue weighted by molar-refractivity contribution is 6.28. The minimum Gasteiger partial charge on any atom is -0.465 e. The molecule has 2 aromatic heterocycles. The second-order valence-electron chi connectivity index (χ2n) is 6.26. The maximum Gasteiger partial charge on any atom is 0.407 e. The summed E-state index contributed by atoms with van der Waals surface area (Å²) >= 11 is 6.05. The van der Waals surface area contributed by atoms with Crippen molar-refractivity contribution in [3.63, 3.8) is 0 Å². The quantitative estimate of drug-likeness (QED) is 0.625. The summed E-state index contributed by atoms with van der Waals surface area (Å²) in [5.74, 6) is 0.678. The maximum atomic E-state index is 11.6. The average Bonchev–Trinajstić information content (AvgIpc) is 3.07. The minimum atomic E-state index is -0.855. The smallest absolute Gasteiger partial charge is 0.407 e. The Morgan fingerprint density at radius 2 is 2.28 bits per heavy atom. The van der Waals surface area contributed by atoms with E-state index in [0.717, 1.165) is 32.2 Å². The number of rotatable bonds is 6. The number of carbonyl (C=O) groups is 1. The molecule has 1 fully saturated rings. The van der Waals surface area contributed by atoms with Gasteiger partial charge in [-0.1, -0.05) is 19.8 Å². The van der Waals surface area contributed by atoms with E-state index in [1.165, 1.54) is 0 Å². The number of nitrogens with zero attached hydrogens (tertiary/aromatic N) is 5. The summed E-state index contributed by atoms with van der Waals surface area (Å²) in [5.41, 5.74) is 1.39. The SMILES string of the molecule is CCCCCN(C(=O)O)C1CCN(c2nc(Cl)nc3cccnc23)C1. The van der Waals surface area contributed by atoms with Gasteiger partial charge in [0, 0.05) is 25.8 Å². The normalized spacial score (nSPS) is 17.2. The molecule has 1 unspecified atom stereocenters. The number of unbranched alkanes of at least 4 members (excludes halogenated alkanes) is 2. The topological polar surface area (TPSA) is 82.5 Å². The highest BCUT2D eigenvalue weighted by atomic mass is 35.5. The molecule has 1 aliphatic heterocycles. The van der Waals surface area contributed by atoms with Gasteiger partial charge in [-0.3, -0.25) is 4.98 Å². The van der Waals surface area contributed by atoms with Crippen LogP contribution < -0.4 is 4.90 Å². The Balaban J connectivity index is 1.79. The molecule has 0 aliphatic carbocycles. The molecule has 1 atom stereocenters. The van der Waals surface area contributed by atoms with Crippen LogP contribution >= 0.6 is 11.6 Å². The van der Waals surface area contributed by atoms with Crippen molar-refractivity contribution in [3.05, 3.63) is 23.6 Å². The number of halogens is 1. The Labute approximate surface area is 151 Å². The summed E-state index contributed by atoms with van der Waals surface area (Å²) in [6.45, 7) is 4.00. The van der Waals surface area contributed by atoms with Gasteiger partial charge in [0.25, 0.3) is 0 Å². The molecule has 0 aromatic carbocycles. The number of pyridine rings is 1. The van der Waals surface area contributed by atoms with Gasteiger partial charge in [0.1, 0.15) is 5.52 Å². The molecular formula is C17H22ClN5O2. The fourth-order valence-corrected chi connectivity index (χ4v) is 3.47. The molecule has 8 heteroatoms. The van der Waals surface area contributed by atoms with Gasteiger partial charge in [-0.2, -0.15) is 4.98 Å². The lowest BCUT2D eigenvalue weighted by Gasteiger charge is -2.26. The van der Waals surface area contributed by atoms with E-state index in [0.29, 0.717) is 29.9 Å². The van der Waals surface area contributed by atoms with Crippen LogP contribution in [0.15, 0.2) is 18.3 Å². The van der Waals surface area contributed by atoms with E-state index in [1.807, 2.05) is 12.1 Å². The van der Waals surface area contributed by atoms with Gasteiger partial charge in [0.15, 0.2) is 5.82 Å². The van der Waals surface area contributed by atoms with Crippen LogP contribution in [0.2, 0.25) is 5.28 Å². The van der Waals surface area contributed by atoms with Crippen LogP contribution in [0.4, 0.5) is 10.6 Å². The van der Waals surface area contributed by atoms with Crippen molar-refractivity contribution in [1.82, 2.24) is 19.9 Å². The number of fused-ring (bicyclic) bond motifs is 1. The van der Waals surface area contributed by atoms with E-state index in [9.17, 15) is 9.90 Å². The molecule has 3 rings (SSSR count). The van der Waals surface area contributed by atoms with E-state index in [1.54, 1.807) is 11.1 Å². The number of aromatic nitrogens is 3. The predicted molar refractivity (Wildman–Crippen MR) is 97.2 cm³/mol. The van der Waals surface area contributed by atoms with Crippen molar-refractivity contribution in [1.29, 1.82) is 0 Å². The summed E-state index contributed by atoms with van der Waals surface area (Å²) in [6.07, 6.45) is 4.62. The van der Waals surface area contributed by atoms with Crippen LogP contribution in [0.1, 0.15) is 32.6 Å². The molecule has 0 radical (unpaired) electrons. The molecule has 1 N–H and O–H groups in total. The molecule has 7 nitrogen and oxygen atoms in total. The molecule has 1 aliphatic rings. The first-order valence-electron chi connectivity index (χ1n) is 8.63. The molecule has 3 heterocycles. The van der Waals surface area contributed by atoms with Crippen LogP contribution in [0.5, 0.6) is 0 Å². The van der Waals surface area contributed by atoms with Gasteiger partial charge >= 0.3 is 6.09 Å². The van der Waals surface area contributed by atoms with E-state index < -0.39 is 6.09 Å². The Morgan fingerprint density at radius 3 is 3.04 bits per heavy atom. The van der Waals surface area contributed by atoms with Gasteiger partial charge in [-0.05, 0) is 36.6 Å². The zero-order valence-corrected chi connectivity index (χ0v) is 15.0. The van der Waals surface area contributed by atoms with Crippen molar-refractivity contribution in [3.8, 4) is 0 Å². The van der Waals surface area contributed by atoms with Crippen LogP contribution in [-0.2, 0) is 0 Å². The van der Waals surface area contributed by atoms with Crippen LogP contribution in [0.25, 0.3) is 11.0 Å². The number of carboxylic acid groups (broad SMARTS) is 1. The van der Waals surface area contributed by atoms with E-state index >= 15 is 0 Å². The molecule has 0 saturated carbocycles. The summed E-state index contributed by atoms with van der Waals surface area (Å²) in [7, 11) is 0. The fraction of sp³-hybridized carbons (Fsp3) is 0.529. The number of amides is 1. The van der Waals surface area contributed by atoms with Crippen molar-refractivity contribution in [2.75, 3.05) is 24.5 Å². The number of hydrogen-bond donors (Lipinski definition) is 1. The fourth-order valence-electron chi connectivity index (χ4n) is 3.30. The maximum absolute atomic E-state index is 11.6. The van der Waals surface area contributed by atoms with Crippen LogP contribution in [0.3, 0.4) is 0 Å². The molecule has 0 spiro atoms. The third-order valence-corrected chi connectivity index (χ3v) is 4.73. The molecule has 1 amide bonds. The van der Waals surface area contributed by atoms with Crippen molar-refractivity contribution < 1.29 is 9.90 Å². The summed E-state index contributed by atoms with van der Waals surface area (Å²) in [4.78, 5) is 28.2. The Bertz CT molecular complexity index is 757. The zero-order valence-electron chi connectivity index (χ0n) is 14.2. The standard InChI is InChI=1S/C17H22ClN5O2/c1-2-3-4-9-23(17(24)25)12-7-10-22(11-12)15-14-13(6-5-8-19-14)20-16(18)21-15/h5-6,8,12H,2-4,7,9-11H2,1H3,(H,24,25). The monoisotopic (exact) mass is 363 g/mol. The number of hydrogen-bond acceptors (Lipinski definition) is 5. The predicted octanol–water partition coefficient (Wildman–Crippen LogP) is 3.43. The summed E-state index contributed by atoms with van der Waals surface area (Å²) < 4.78 is 0. The van der Waals surface area contributed by atoms with Crippen molar-refractivity contribution in [2.24, 2.45) is 0 Å². The van der Waals surface area contributed by atoms with Gasteiger partial charge < -0.3 is 14.9 Å². The second-order valence-corrected chi connectivity index (χ2v) is 6.60. The Kier molecular flexibility index (Phi) is 5.53. The highest BCUT2D eigenvalue weighted by Gasteiger charge is 2.32. The lowest BCUT2D eigenvalue weighted by atomic mass is 10.2. The zero-order chi connectivity index (χ0) is 17.8. The third kappa shape index (κ3) is 3.92. The van der Waals surface area contributed by atoms with Crippen molar-refractivity contribution >= 4 is 34.5 Å².